The highest BCUT2D eigenvalue weighted by Gasteiger charge is 2.17. The van der Waals surface area contributed by atoms with Crippen LogP contribution in [0.2, 0.25) is 5.02 Å². The first-order valence-corrected chi connectivity index (χ1v) is 6.93. The number of hydrogen-bond acceptors (Lipinski definition) is 5. The van der Waals surface area contributed by atoms with Crippen molar-refractivity contribution in [3.8, 4) is 0 Å². The molecule has 0 radical (unpaired) electrons. The topological polar surface area (TPSA) is 42.9 Å². The van der Waals surface area contributed by atoms with Gasteiger partial charge in [0.15, 0.2) is 10.1 Å². The van der Waals surface area contributed by atoms with E-state index in [0.717, 1.165) is 4.34 Å². The van der Waals surface area contributed by atoms with Crippen LogP contribution in [0.5, 0.6) is 0 Å². The average molecular weight is 285 g/mol. The second-order valence-electron chi connectivity index (χ2n) is 3.34. The first-order valence-electron chi connectivity index (χ1n) is 4.90. The minimum atomic E-state index is -0.193. The zero-order chi connectivity index (χ0) is 12.3. The summed E-state index contributed by atoms with van der Waals surface area (Å²) in [5.74, 6) is 0.0488. The Balaban J connectivity index is 2.09. The molecule has 2 aromatic rings. The first-order chi connectivity index (χ1) is 8.16. The van der Waals surface area contributed by atoms with Gasteiger partial charge in [0.2, 0.25) is 0 Å². The zero-order valence-electron chi connectivity index (χ0n) is 8.96. The molecule has 0 aliphatic carbocycles. The van der Waals surface area contributed by atoms with E-state index in [4.69, 9.17) is 11.6 Å². The Kier molecular flexibility index (Phi) is 4.15. The lowest BCUT2D eigenvalue weighted by Gasteiger charge is -2.07. The van der Waals surface area contributed by atoms with Crippen LogP contribution in [0.3, 0.4) is 0 Å². The van der Waals surface area contributed by atoms with Crippen LogP contribution in [0.15, 0.2) is 34.9 Å². The molecular formula is C11H9ClN2OS2. The molecular weight excluding hydrogens is 276 g/mol. The van der Waals surface area contributed by atoms with Gasteiger partial charge in [-0.2, -0.15) is 4.37 Å². The van der Waals surface area contributed by atoms with E-state index in [0.29, 0.717) is 10.6 Å². The fourth-order valence-electron chi connectivity index (χ4n) is 1.30. The zero-order valence-corrected chi connectivity index (χ0v) is 11.4. The molecule has 1 heterocycles. The van der Waals surface area contributed by atoms with E-state index < -0.39 is 0 Å². The predicted octanol–water partition coefficient (Wildman–Crippen LogP) is 3.56. The Morgan fingerprint density at radius 3 is 3.00 bits per heavy atom. The minimum absolute atomic E-state index is 0.0488. The second-order valence-corrected chi connectivity index (χ2v) is 6.15. The number of halogens is 1. The molecule has 1 aromatic carbocycles. The molecule has 2 rings (SSSR count). The summed E-state index contributed by atoms with van der Waals surface area (Å²) < 4.78 is 4.70. The maximum atomic E-state index is 12.1. The molecule has 0 amide bonds. The number of aromatic nitrogens is 2. The third-order valence-corrected chi connectivity index (χ3v) is 4.18. The van der Waals surface area contributed by atoms with Gasteiger partial charge in [-0.3, -0.25) is 4.79 Å². The summed E-state index contributed by atoms with van der Waals surface area (Å²) in [6.45, 7) is 1.86. The van der Waals surface area contributed by atoms with Crippen LogP contribution in [0, 0.1) is 0 Å². The van der Waals surface area contributed by atoms with E-state index in [2.05, 4.69) is 9.36 Å². The summed E-state index contributed by atoms with van der Waals surface area (Å²) in [6.07, 6.45) is 1.49. The average Bonchev–Trinajstić information content (AvgIpc) is 2.80. The fourth-order valence-corrected chi connectivity index (χ4v) is 3.15. The largest absolute Gasteiger partial charge is 0.293 e. The van der Waals surface area contributed by atoms with E-state index in [-0.39, 0.29) is 11.0 Å². The maximum absolute atomic E-state index is 12.1. The number of rotatable bonds is 4. The molecule has 1 atom stereocenters. The lowest BCUT2D eigenvalue weighted by atomic mass is 10.1. The number of hydrogen-bond donors (Lipinski definition) is 0. The van der Waals surface area contributed by atoms with Gasteiger partial charge >= 0.3 is 0 Å². The van der Waals surface area contributed by atoms with Crippen LogP contribution in [0.25, 0.3) is 0 Å². The molecule has 0 aliphatic heterocycles. The van der Waals surface area contributed by atoms with E-state index in [1.54, 1.807) is 24.3 Å². The van der Waals surface area contributed by atoms with Gasteiger partial charge in [-0.1, -0.05) is 35.5 Å². The normalized spacial score (nSPS) is 12.4. The Bertz CT molecular complexity index is 516. The monoisotopic (exact) mass is 284 g/mol. The first kappa shape index (κ1) is 12.5. The van der Waals surface area contributed by atoms with Crippen LogP contribution in [0.1, 0.15) is 17.3 Å². The molecule has 17 heavy (non-hydrogen) atoms. The quantitative estimate of drug-likeness (QED) is 0.636. The van der Waals surface area contributed by atoms with Crippen molar-refractivity contribution in [1.29, 1.82) is 0 Å². The Hall–Kier alpha value is -0.910. The number of benzene rings is 1. The minimum Gasteiger partial charge on any atom is -0.293 e. The summed E-state index contributed by atoms with van der Waals surface area (Å²) in [4.78, 5) is 16.1. The van der Waals surface area contributed by atoms with Crippen LogP contribution in [0.4, 0.5) is 0 Å². The molecule has 1 unspecified atom stereocenters. The van der Waals surface area contributed by atoms with Gasteiger partial charge in [0.05, 0.1) is 5.25 Å². The highest BCUT2D eigenvalue weighted by Crippen LogP contribution is 2.26. The smallest absolute Gasteiger partial charge is 0.176 e. The third-order valence-electron chi connectivity index (χ3n) is 2.10. The van der Waals surface area contributed by atoms with Crippen molar-refractivity contribution in [2.75, 3.05) is 0 Å². The lowest BCUT2D eigenvalue weighted by molar-refractivity contribution is 0.0994. The summed E-state index contributed by atoms with van der Waals surface area (Å²) in [7, 11) is 0. The summed E-state index contributed by atoms with van der Waals surface area (Å²) >= 11 is 8.56. The Morgan fingerprint density at radius 2 is 2.35 bits per heavy atom. The van der Waals surface area contributed by atoms with Crippen molar-refractivity contribution in [2.24, 2.45) is 0 Å². The molecule has 0 N–H and O–H groups in total. The fraction of sp³-hybridized carbons (Fsp3) is 0.182. The van der Waals surface area contributed by atoms with Gasteiger partial charge in [0.1, 0.15) is 6.33 Å². The van der Waals surface area contributed by atoms with Crippen molar-refractivity contribution in [2.45, 2.75) is 16.5 Å². The molecule has 0 bridgehead atoms. The van der Waals surface area contributed by atoms with Crippen molar-refractivity contribution < 1.29 is 4.79 Å². The van der Waals surface area contributed by atoms with Gasteiger partial charge < -0.3 is 0 Å². The van der Waals surface area contributed by atoms with Crippen molar-refractivity contribution in [3.05, 3.63) is 41.2 Å². The number of ketones is 1. The van der Waals surface area contributed by atoms with E-state index in [1.807, 2.05) is 6.92 Å². The lowest BCUT2D eigenvalue weighted by Crippen LogP contribution is -2.13. The van der Waals surface area contributed by atoms with Crippen molar-refractivity contribution in [3.63, 3.8) is 0 Å². The second kappa shape index (κ2) is 5.62. The highest BCUT2D eigenvalue weighted by molar-refractivity contribution is 8.02. The molecule has 0 aliphatic rings. The molecule has 0 spiro atoms. The molecule has 3 nitrogen and oxygen atoms in total. The van der Waals surface area contributed by atoms with Gasteiger partial charge in [-0.05, 0) is 30.6 Å². The van der Waals surface area contributed by atoms with Crippen molar-refractivity contribution >= 4 is 40.7 Å². The molecule has 6 heteroatoms. The van der Waals surface area contributed by atoms with Gasteiger partial charge in [-0.25, -0.2) is 4.98 Å². The number of Topliss-reactive ketones (excluding diaryl/α,β-unsaturated/α-hetero) is 1. The van der Waals surface area contributed by atoms with Crippen LogP contribution >= 0.6 is 34.9 Å². The highest BCUT2D eigenvalue weighted by atomic mass is 35.5. The Labute approximate surface area is 112 Å². The number of carbonyl (C=O) groups is 1. The number of nitrogens with zero attached hydrogens (tertiary/aromatic N) is 2. The molecule has 0 fully saturated rings. The SMILES string of the molecule is CC(Sc1ncns1)C(=O)c1cccc(Cl)c1. The molecule has 0 saturated heterocycles. The summed E-state index contributed by atoms with van der Waals surface area (Å²) in [5.41, 5.74) is 0.627. The number of thioether (sulfide) groups is 1. The van der Waals surface area contributed by atoms with Gasteiger partial charge in [0, 0.05) is 10.6 Å². The predicted molar refractivity (Wildman–Crippen MR) is 71.0 cm³/mol. The van der Waals surface area contributed by atoms with Gasteiger partial charge in [-0.15, -0.1) is 0 Å². The molecule has 0 saturated carbocycles. The van der Waals surface area contributed by atoms with E-state index in [1.165, 1.54) is 29.6 Å². The standard InChI is InChI=1S/C11H9ClN2OS2/c1-7(16-11-13-6-14-17-11)10(15)8-3-2-4-9(12)5-8/h2-7H,1H3. The van der Waals surface area contributed by atoms with E-state index in [9.17, 15) is 4.79 Å². The maximum Gasteiger partial charge on any atom is 0.176 e. The van der Waals surface area contributed by atoms with Crippen molar-refractivity contribution in [1.82, 2.24) is 9.36 Å². The van der Waals surface area contributed by atoms with Crippen LogP contribution in [-0.4, -0.2) is 20.4 Å². The molecule has 88 valence electrons. The third kappa shape index (κ3) is 3.28. The van der Waals surface area contributed by atoms with Crippen LogP contribution < -0.4 is 0 Å². The van der Waals surface area contributed by atoms with Gasteiger partial charge in [0.25, 0.3) is 0 Å². The van der Waals surface area contributed by atoms with Crippen LogP contribution in [-0.2, 0) is 0 Å². The number of carbonyl (C=O) groups excluding carboxylic acids is 1. The summed E-state index contributed by atoms with van der Waals surface area (Å²) in [5, 5.41) is 0.380. The van der Waals surface area contributed by atoms with E-state index >= 15 is 0 Å². The Morgan fingerprint density at radius 1 is 1.53 bits per heavy atom. The molecule has 1 aromatic heterocycles. The summed E-state index contributed by atoms with van der Waals surface area (Å²) in [6, 6.07) is 6.98.